The summed E-state index contributed by atoms with van der Waals surface area (Å²) in [5.41, 5.74) is 5.09. The van der Waals surface area contributed by atoms with Crippen molar-refractivity contribution >= 4 is 83.2 Å². The zero-order valence-corrected chi connectivity index (χ0v) is 53.7. The number of carbonyl (C=O) groups is 5. The Kier molecular flexibility index (Phi) is 52.5. The van der Waals surface area contributed by atoms with Gasteiger partial charge in [-0.3, -0.25) is 9.59 Å². The van der Waals surface area contributed by atoms with E-state index in [4.69, 9.17) is 14.2 Å². The van der Waals surface area contributed by atoms with E-state index in [9.17, 15) is 33.6 Å². The largest absolute Gasteiger partial charge is 1.00 e. The number of rotatable bonds is 24. The van der Waals surface area contributed by atoms with Crippen molar-refractivity contribution < 1.29 is 107 Å². The zero-order valence-electron chi connectivity index (χ0n) is 47.1. The van der Waals surface area contributed by atoms with E-state index in [0.717, 1.165) is 34.9 Å². The van der Waals surface area contributed by atoms with Crippen molar-refractivity contribution in [3.05, 3.63) is 246 Å². The number of allylic oxidation sites excluding steroid dienone is 24. The molecule has 0 aliphatic carbocycles. The molecule has 0 aromatic heterocycles. The molecule has 402 valence electrons. The van der Waals surface area contributed by atoms with Crippen molar-refractivity contribution in [2.24, 2.45) is 0 Å². The molecule has 0 saturated heterocycles. The second kappa shape index (κ2) is 52.0. The van der Waals surface area contributed by atoms with Gasteiger partial charge in [0.15, 0.2) is 6.16 Å². The molecule has 0 aliphatic heterocycles. The van der Waals surface area contributed by atoms with Crippen LogP contribution in [0.25, 0.3) is 0 Å². The van der Waals surface area contributed by atoms with Gasteiger partial charge in [0.25, 0.3) is 0 Å². The maximum absolute atomic E-state index is 12.6. The first-order valence-electron chi connectivity index (χ1n) is 24.1. The molecule has 78 heavy (non-hydrogen) atoms. The summed E-state index contributed by atoms with van der Waals surface area (Å²) in [6.07, 6.45) is 39.2. The number of hydrogen-bond donors (Lipinski definition) is 0. The van der Waals surface area contributed by atoms with Gasteiger partial charge in [0.1, 0.15) is 35.7 Å². The van der Waals surface area contributed by atoms with E-state index >= 15 is 0 Å². The summed E-state index contributed by atoms with van der Waals surface area (Å²) in [6, 6.07) is 31.1. The van der Waals surface area contributed by atoms with Crippen molar-refractivity contribution in [3.63, 3.8) is 0 Å². The molecule has 0 fully saturated rings. The molecule has 0 radical (unpaired) electrons. The van der Waals surface area contributed by atoms with E-state index in [0.29, 0.717) is 37.1 Å². The van der Waals surface area contributed by atoms with Crippen LogP contribution in [0, 0.1) is 0 Å². The Morgan fingerprint density at radius 2 is 0.692 bits per heavy atom. The molecule has 3 aromatic rings. The molecule has 3 aromatic carbocycles. The fourth-order valence-corrected chi connectivity index (χ4v) is 9.79. The Bertz CT molecular complexity index is 2430. The molecule has 10 nitrogen and oxygen atoms in total. The summed E-state index contributed by atoms with van der Waals surface area (Å²) in [4.78, 5) is 74.9. The van der Waals surface area contributed by atoms with E-state index in [-0.39, 0.29) is 94.0 Å². The van der Waals surface area contributed by atoms with Crippen LogP contribution in [0.2, 0.25) is 0 Å². The summed E-state index contributed by atoms with van der Waals surface area (Å²) in [7, 11) is -2.11. The summed E-state index contributed by atoms with van der Waals surface area (Å²) in [5.74, 6) is -0.842. The Morgan fingerprint density at radius 3 is 0.949 bits per heavy atom. The molecule has 14 heteroatoms. The van der Waals surface area contributed by atoms with Gasteiger partial charge in [-0.25, -0.2) is 26.5 Å². The number of carbonyl (C=O) groups excluding carboxylic acids is 7. The van der Waals surface area contributed by atoms with Crippen LogP contribution in [0.15, 0.2) is 246 Å². The summed E-state index contributed by atoms with van der Waals surface area (Å²) in [6.45, 7) is 17.5. The first-order valence-corrected chi connectivity index (χ1v) is 26.1. The standard InChI is InChI=1S/C22H22O2P.C18H24O4.C14H14O2.C10H12O2.BrH.2Na/c1-2-24-22(23)18-25(19-12-6-3-7-13-19,20-14-8-4-9-15-20)21-16-10-5-11-17-21;1-5-21-17(19)13-11-15(3)9-7-8-10-16(4)12-14-18(20)22-6-2;1-13(9-5-11-15)7-3-4-8-14(2)10-6-12-16;1-9(7-11)5-3-4-6-10(2)8-12;;;/h3-17H,2,18H2,1H3;7-14H,5-6H2,1-4H3;3-10H,1-2H3;3-8H,1-2H3;1H;;/q+1;;-2;;;2*+1/b;8-7+,13-11+,14-12+,15-9+,16-10+;4-3+,9-5+,10-6+,13-7+,14-8+;4-3+,9-5+,10-6+;;;. The average molecular weight is 1160 g/mol. The van der Waals surface area contributed by atoms with E-state index < -0.39 is 7.26 Å². The second-order valence-corrected chi connectivity index (χ2v) is 19.2. The number of hydrogen-bond acceptors (Lipinski definition) is 10. The second-order valence-electron chi connectivity index (χ2n) is 15.7. The predicted molar refractivity (Wildman–Crippen MR) is 320 cm³/mol. The fraction of sp³-hybridized carbons (Fsp3) is 0.203. The maximum atomic E-state index is 12.6. The minimum absolute atomic E-state index is 0. The molecule has 0 unspecified atom stereocenters. The quantitative estimate of drug-likeness (QED) is 0.0144. The number of halogens is 1. The van der Waals surface area contributed by atoms with Gasteiger partial charge >= 0.3 is 77.0 Å². The Morgan fingerprint density at radius 1 is 0.423 bits per heavy atom. The van der Waals surface area contributed by atoms with Crippen molar-refractivity contribution in [1.29, 1.82) is 0 Å². The third-order valence-corrected chi connectivity index (χ3v) is 13.8. The number of ether oxygens (including phenoxy) is 3. The maximum Gasteiger partial charge on any atom is 1.00 e. The van der Waals surface area contributed by atoms with Crippen molar-refractivity contribution in [1.82, 2.24) is 0 Å². The summed E-state index contributed by atoms with van der Waals surface area (Å²) in [5, 5.41) is 3.58. The monoisotopic (exact) mass is 1160 g/mol. The minimum Gasteiger partial charge on any atom is -0.463 e. The van der Waals surface area contributed by atoms with Crippen LogP contribution in [-0.4, -0.2) is 69.0 Å². The van der Waals surface area contributed by atoms with Crippen LogP contribution in [0.5, 0.6) is 0 Å². The Labute approximate surface area is 519 Å². The molecule has 0 saturated carbocycles. The third kappa shape index (κ3) is 38.8. The molecule has 0 heterocycles. The molecule has 0 aliphatic rings. The zero-order chi connectivity index (χ0) is 56.0. The molecular weight excluding hydrogens is 1090 g/mol. The molecule has 0 bridgehead atoms. The minimum atomic E-state index is -2.11. The van der Waals surface area contributed by atoms with Gasteiger partial charge in [-0.05, 0) is 109 Å². The van der Waals surface area contributed by atoms with Crippen LogP contribution in [0.3, 0.4) is 0 Å². The van der Waals surface area contributed by atoms with E-state index in [2.05, 4.69) is 36.4 Å². The predicted octanol–water partition coefficient (Wildman–Crippen LogP) is 6.40. The van der Waals surface area contributed by atoms with E-state index in [1.165, 1.54) is 40.2 Å². The van der Waals surface area contributed by atoms with Crippen LogP contribution in [0.4, 0.5) is 0 Å². The third-order valence-electron chi connectivity index (χ3n) is 9.49. The first-order chi connectivity index (χ1) is 36.2. The van der Waals surface area contributed by atoms with E-state index in [1.807, 2.05) is 138 Å². The average Bonchev–Trinajstić information content (AvgIpc) is 3.42. The molecular formula is C64H73BrNa2O10P+. The Hall–Kier alpha value is -5.72. The number of aldehydes is 2. The van der Waals surface area contributed by atoms with Gasteiger partial charge in [0, 0.05) is 12.2 Å². The topological polar surface area (TPSA) is 147 Å². The summed E-state index contributed by atoms with van der Waals surface area (Å²) < 4.78 is 14.9. The van der Waals surface area contributed by atoms with Gasteiger partial charge in [-0.15, -0.1) is 28.1 Å². The van der Waals surface area contributed by atoms with E-state index in [1.54, 1.807) is 88.9 Å². The van der Waals surface area contributed by atoms with Crippen LogP contribution < -0.4 is 75.0 Å². The van der Waals surface area contributed by atoms with Crippen molar-refractivity contribution in [3.8, 4) is 0 Å². The SMILES string of the molecule is Br.CC(/C=C/[C-]=O)=C\C=C\C=C(C)\C=C\[C-]=O.CCOC(=O)/C=C/C(C)=C/C=C/C=C(C)/C=C/C(=O)OCC.CCOC(=O)C[P+](c1ccccc1)(c1ccccc1)c1ccccc1.C\C(C=O)=C/C=C/C=C(\C)C=O.[Na+].[Na+]. The van der Waals surface area contributed by atoms with Gasteiger partial charge in [0.2, 0.25) is 0 Å². The van der Waals surface area contributed by atoms with Crippen LogP contribution in [0.1, 0.15) is 62.3 Å². The van der Waals surface area contributed by atoms with Gasteiger partial charge in [-0.2, -0.15) is 12.2 Å². The Balaban J connectivity index is -0.000000478. The normalized spacial score (nSPS) is 12.3. The molecule has 3 rings (SSSR count). The van der Waals surface area contributed by atoms with Crippen molar-refractivity contribution in [2.45, 2.75) is 62.3 Å². The molecule has 0 N–H and O–H groups in total. The van der Waals surface area contributed by atoms with Crippen LogP contribution in [-0.2, 0) is 47.8 Å². The molecule has 0 atom stereocenters. The van der Waals surface area contributed by atoms with Crippen LogP contribution >= 0.6 is 24.2 Å². The number of benzene rings is 3. The molecule has 0 amide bonds. The van der Waals surface area contributed by atoms with Gasteiger partial charge in [0.05, 0.1) is 19.8 Å². The van der Waals surface area contributed by atoms with Crippen molar-refractivity contribution in [2.75, 3.05) is 26.0 Å². The molecule has 0 spiro atoms. The van der Waals surface area contributed by atoms with Gasteiger partial charge < -0.3 is 23.8 Å². The fourth-order valence-electron chi connectivity index (χ4n) is 5.82. The number of esters is 3. The summed E-state index contributed by atoms with van der Waals surface area (Å²) >= 11 is 0. The van der Waals surface area contributed by atoms with Gasteiger partial charge in [-0.1, -0.05) is 165 Å². The first kappa shape index (κ1) is 78.8. The smallest absolute Gasteiger partial charge is 0.463 e.